The molecule has 1 rings (SSSR count). The number of ether oxygens (including phenoxy) is 2. The van der Waals surface area contributed by atoms with Crippen LogP contribution in [0.5, 0.6) is 5.75 Å². The summed E-state index contributed by atoms with van der Waals surface area (Å²) in [6, 6.07) is 7.16. The molecular weight excluding hydrogens is 216 g/mol. The molecule has 80 valence electrons. The molecule has 0 radical (unpaired) electrons. The summed E-state index contributed by atoms with van der Waals surface area (Å²) in [6.07, 6.45) is 1.53. The van der Waals surface area contributed by atoms with Crippen LogP contribution in [0.2, 0.25) is 0 Å². The lowest BCUT2D eigenvalue weighted by atomic mass is 10.2. The van der Waals surface area contributed by atoms with E-state index in [-0.39, 0.29) is 5.03 Å². The van der Waals surface area contributed by atoms with Crippen molar-refractivity contribution in [2.75, 3.05) is 14.2 Å². The summed E-state index contributed by atoms with van der Waals surface area (Å²) in [4.78, 5) is 11.0. The number of methoxy groups -OCH3 is 2. The lowest BCUT2D eigenvalue weighted by Crippen LogP contribution is -1.99. The number of hydrogen-bond acceptors (Lipinski definition) is 3. The molecule has 4 heteroatoms. The van der Waals surface area contributed by atoms with Crippen LogP contribution in [0, 0.1) is 0 Å². The average molecular weight is 227 g/mol. The van der Waals surface area contributed by atoms with E-state index < -0.39 is 5.97 Å². The molecule has 0 N–H and O–H groups in total. The van der Waals surface area contributed by atoms with Gasteiger partial charge in [0.05, 0.1) is 14.2 Å². The molecule has 0 spiro atoms. The van der Waals surface area contributed by atoms with Crippen LogP contribution in [-0.4, -0.2) is 20.2 Å². The van der Waals surface area contributed by atoms with E-state index >= 15 is 0 Å². The number of carbonyl (C=O) groups is 1. The normalized spacial score (nSPS) is 11.0. The number of esters is 1. The Morgan fingerprint density at radius 1 is 1.27 bits per heavy atom. The second kappa shape index (κ2) is 5.41. The van der Waals surface area contributed by atoms with Crippen molar-refractivity contribution in [1.82, 2.24) is 0 Å². The van der Waals surface area contributed by atoms with Crippen molar-refractivity contribution in [1.29, 1.82) is 0 Å². The van der Waals surface area contributed by atoms with Gasteiger partial charge in [-0.05, 0) is 23.8 Å². The first-order chi connectivity index (χ1) is 7.17. The van der Waals surface area contributed by atoms with E-state index in [1.165, 1.54) is 13.2 Å². The van der Waals surface area contributed by atoms with Gasteiger partial charge in [-0.3, -0.25) is 0 Å². The van der Waals surface area contributed by atoms with Crippen molar-refractivity contribution >= 4 is 23.6 Å². The molecule has 0 aromatic heterocycles. The Morgan fingerprint density at radius 2 is 1.87 bits per heavy atom. The van der Waals surface area contributed by atoms with Crippen LogP contribution in [0.4, 0.5) is 0 Å². The minimum atomic E-state index is -0.549. The van der Waals surface area contributed by atoms with Gasteiger partial charge in [0.25, 0.3) is 0 Å². The Hall–Kier alpha value is -1.48. The number of benzene rings is 1. The Kier molecular flexibility index (Phi) is 4.18. The van der Waals surface area contributed by atoms with E-state index in [1.54, 1.807) is 31.4 Å². The van der Waals surface area contributed by atoms with E-state index in [1.807, 2.05) is 0 Å². The van der Waals surface area contributed by atoms with Crippen LogP contribution < -0.4 is 4.74 Å². The summed E-state index contributed by atoms with van der Waals surface area (Å²) >= 11 is 5.69. The first-order valence-corrected chi connectivity index (χ1v) is 4.64. The summed E-state index contributed by atoms with van der Waals surface area (Å²) in [5.41, 5.74) is 0.811. The third kappa shape index (κ3) is 3.29. The van der Waals surface area contributed by atoms with Crippen LogP contribution in [0.25, 0.3) is 6.08 Å². The van der Waals surface area contributed by atoms with Crippen LogP contribution in [0.15, 0.2) is 29.3 Å². The Bertz CT molecular complexity index is 368. The molecule has 0 aliphatic carbocycles. The lowest BCUT2D eigenvalue weighted by molar-refractivity contribution is -0.135. The summed E-state index contributed by atoms with van der Waals surface area (Å²) in [6.45, 7) is 0. The van der Waals surface area contributed by atoms with E-state index in [9.17, 15) is 4.79 Å². The van der Waals surface area contributed by atoms with Gasteiger partial charge < -0.3 is 9.47 Å². The van der Waals surface area contributed by atoms with E-state index in [0.29, 0.717) is 0 Å². The maximum Gasteiger partial charge on any atom is 0.349 e. The molecule has 0 aliphatic heterocycles. The second-order valence-corrected chi connectivity index (χ2v) is 3.16. The fourth-order valence-electron chi connectivity index (χ4n) is 1.00. The molecule has 0 unspecified atom stereocenters. The van der Waals surface area contributed by atoms with Crippen molar-refractivity contribution in [3.8, 4) is 5.75 Å². The van der Waals surface area contributed by atoms with Crippen LogP contribution in [0.3, 0.4) is 0 Å². The Labute approximate surface area is 93.3 Å². The van der Waals surface area contributed by atoms with Gasteiger partial charge in [-0.25, -0.2) is 4.79 Å². The smallest absolute Gasteiger partial charge is 0.349 e. The van der Waals surface area contributed by atoms with Gasteiger partial charge in [0.1, 0.15) is 10.8 Å². The third-order valence-electron chi connectivity index (χ3n) is 1.79. The molecule has 0 atom stereocenters. The lowest BCUT2D eigenvalue weighted by Gasteiger charge is -2.00. The zero-order valence-corrected chi connectivity index (χ0v) is 9.25. The zero-order chi connectivity index (χ0) is 11.3. The SMILES string of the molecule is COC(=O)/C(Cl)=C\c1ccc(OC)cc1. The third-order valence-corrected chi connectivity index (χ3v) is 2.05. The predicted octanol–water partition coefficient (Wildman–Crippen LogP) is 2.45. The molecule has 0 fully saturated rings. The molecule has 1 aromatic carbocycles. The van der Waals surface area contributed by atoms with Gasteiger partial charge in [0, 0.05) is 0 Å². The topological polar surface area (TPSA) is 35.5 Å². The minimum absolute atomic E-state index is 0.0441. The molecule has 3 nitrogen and oxygen atoms in total. The first kappa shape index (κ1) is 11.6. The molecule has 0 bridgehead atoms. The van der Waals surface area contributed by atoms with Gasteiger partial charge >= 0.3 is 5.97 Å². The van der Waals surface area contributed by atoms with Crippen LogP contribution in [-0.2, 0) is 9.53 Å². The highest BCUT2D eigenvalue weighted by molar-refractivity contribution is 6.43. The molecule has 15 heavy (non-hydrogen) atoms. The molecule has 0 saturated heterocycles. The summed E-state index contributed by atoms with van der Waals surface area (Å²) in [7, 11) is 2.87. The fourth-order valence-corrected chi connectivity index (χ4v) is 1.21. The summed E-state index contributed by atoms with van der Waals surface area (Å²) in [5.74, 6) is 0.203. The summed E-state index contributed by atoms with van der Waals surface area (Å²) < 4.78 is 9.46. The first-order valence-electron chi connectivity index (χ1n) is 4.27. The quantitative estimate of drug-likeness (QED) is 0.587. The second-order valence-electron chi connectivity index (χ2n) is 2.76. The molecule has 1 aromatic rings. The van der Waals surface area contributed by atoms with E-state index in [4.69, 9.17) is 16.3 Å². The maximum atomic E-state index is 11.0. The Morgan fingerprint density at radius 3 is 2.33 bits per heavy atom. The highest BCUT2D eigenvalue weighted by Crippen LogP contribution is 2.15. The monoisotopic (exact) mass is 226 g/mol. The van der Waals surface area contributed by atoms with Crippen molar-refractivity contribution < 1.29 is 14.3 Å². The van der Waals surface area contributed by atoms with Crippen LogP contribution in [0.1, 0.15) is 5.56 Å². The van der Waals surface area contributed by atoms with Crippen molar-refractivity contribution in [3.05, 3.63) is 34.9 Å². The van der Waals surface area contributed by atoms with Gasteiger partial charge in [0.15, 0.2) is 0 Å². The largest absolute Gasteiger partial charge is 0.497 e. The predicted molar refractivity (Wildman–Crippen MR) is 58.8 cm³/mol. The number of hydrogen-bond donors (Lipinski definition) is 0. The summed E-state index contributed by atoms with van der Waals surface area (Å²) in [5, 5.41) is 0.0441. The fraction of sp³-hybridized carbons (Fsp3) is 0.182. The van der Waals surface area contributed by atoms with Crippen molar-refractivity contribution in [2.45, 2.75) is 0 Å². The standard InChI is InChI=1S/C11H11ClO3/c1-14-9-5-3-8(4-6-9)7-10(12)11(13)15-2/h3-7H,1-2H3/b10-7+. The van der Waals surface area contributed by atoms with Crippen LogP contribution >= 0.6 is 11.6 Å². The van der Waals surface area contributed by atoms with Crippen molar-refractivity contribution in [2.24, 2.45) is 0 Å². The Balaban J connectivity index is 2.84. The highest BCUT2D eigenvalue weighted by Gasteiger charge is 2.05. The van der Waals surface area contributed by atoms with Gasteiger partial charge in [-0.1, -0.05) is 23.7 Å². The minimum Gasteiger partial charge on any atom is -0.497 e. The van der Waals surface area contributed by atoms with E-state index in [2.05, 4.69) is 4.74 Å². The maximum absolute atomic E-state index is 11.0. The van der Waals surface area contributed by atoms with E-state index in [0.717, 1.165) is 11.3 Å². The molecule has 0 amide bonds. The average Bonchev–Trinajstić information content (AvgIpc) is 2.29. The number of carbonyl (C=O) groups excluding carboxylic acids is 1. The number of rotatable bonds is 3. The van der Waals surface area contributed by atoms with Gasteiger partial charge in [-0.2, -0.15) is 0 Å². The number of halogens is 1. The molecular formula is C11H11ClO3. The van der Waals surface area contributed by atoms with Gasteiger partial charge in [-0.15, -0.1) is 0 Å². The molecule has 0 saturated carbocycles. The zero-order valence-electron chi connectivity index (χ0n) is 8.49. The van der Waals surface area contributed by atoms with Crippen molar-refractivity contribution in [3.63, 3.8) is 0 Å². The molecule has 0 heterocycles. The molecule has 0 aliphatic rings. The van der Waals surface area contributed by atoms with Gasteiger partial charge in [0.2, 0.25) is 0 Å². The highest BCUT2D eigenvalue weighted by atomic mass is 35.5.